The number of anilines is 3. The summed E-state index contributed by atoms with van der Waals surface area (Å²) in [5.74, 6) is -0.948. The zero-order chi connectivity index (χ0) is 24.1. The van der Waals surface area contributed by atoms with Crippen LogP contribution < -0.4 is 26.8 Å². The van der Waals surface area contributed by atoms with Crippen LogP contribution in [0.25, 0.3) is 10.9 Å². The third kappa shape index (κ3) is 5.32. The average Bonchev–Trinajstić information content (AvgIpc) is 3.14. The Kier molecular flexibility index (Phi) is 7.67. The minimum atomic E-state index is -0.805. The summed E-state index contributed by atoms with van der Waals surface area (Å²) in [6.45, 7) is 4.82. The number of primary amides is 1. The number of fused-ring (bicyclic) bond motifs is 1. The van der Waals surface area contributed by atoms with Crippen LogP contribution in [0.4, 0.5) is 21.7 Å². The van der Waals surface area contributed by atoms with E-state index in [1.54, 1.807) is 17.9 Å². The van der Waals surface area contributed by atoms with E-state index in [4.69, 9.17) is 20.9 Å². The zero-order valence-corrected chi connectivity index (χ0v) is 19.2. The van der Waals surface area contributed by atoms with Gasteiger partial charge in [0.2, 0.25) is 5.88 Å². The largest absolute Gasteiger partial charge is 0.479 e. The van der Waals surface area contributed by atoms with Crippen molar-refractivity contribution in [3.8, 4) is 5.88 Å². The number of hydrogen-bond donors (Lipinski definition) is 4. The van der Waals surface area contributed by atoms with Gasteiger partial charge < -0.3 is 31.6 Å². The number of ether oxygens (including phenoxy) is 2. The van der Waals surface area contributed by atoms with Crippen LogP contribution in [0, 0.1) is 5.82 Å². The number of methoxy groups -OCH3 is 2. The Morgan fingerprint density at radius 3 is 2.64 bits per heavy atom. The molecule has 11 heteroatoms. The second-order valence-corrected chi connectivity index (χ2v) is 7.68. The molecule has 2 heterocycles. The van der Waals surface area contributed by atoms with Crippen molar-refractivity contribution in [2.24, 2.45) is 11.5 Å². The Labute approximate surface area is 191 Å². The molecule has 0 aliphatic rings. The average molecular weight is 460 g/mol. The maximum absolute atomic E-state index is 14.7. The summed E-state index contributed by atoms with van der Waals surface area (Å²) in [5, 5.41) is 11.3. The number of aromatic nitrogens is 3. The van der Waals surface area contributed by atoms with Crippen LogP contribution >= 0.6 is 0 Å². The predicted octanol–water partition coefficient (Wildman–Crippen LogP) is 2.61. The molecular formula is C22H30FN7O3. The van der Waals surface area contributed by atoms with E-state index in [1.807, 2.05) is 26.0 Å². The molecule has 6 N–H and O–H groups in total. The van der Waals surface area contributed by atoms with Crippen molar-refractivity contribution in [2.45, 2.75) is 38.9 Å². The number of nitrogens with two attached hydrogens (primary N) is 2. The van der Waals surface area contributed by atoms with Gasteiger partial charge in [0.15, 0.2) is 11.6 Å². The first-order valence-electron chi connectivity index (χ1n) is 10.6. The van der Waals surface area contributed by atoms with E-state index in [2.05, 4.69) is 20.7 Å². The lowest BCUT2D eigenvalue weighted by Gasteiger charge is -2.22. The van der Waals surface area contributed by atoms with Gasteiger partial charge in [-0.3, -0.25) is 9.48 Å². The molecule has 2 atom stereocenters. The number of pyridine rings is 1. The van der Waals surface area contributed by atoms with Crippen molar-refractivity contribution in [1.82, 2.24) is 14.8 Å². The summed E-state index contributed by atoms with van der Waals surface area (Å²) in [4.78, 5) is 16.3. The molecule has 3 rings (SSSR count). The van der Waals surface area contributed by atoms with E-state index in [0.717, 1.165) is 17.0 Å². The highest BCUT2D eigenvalue weighted by molar-refractivity contribution is 5.99. The van der Waals surface area contributed by atoms with E-state index < -0.39 is 11.7 Å². The van der Waals surface area contributed by atoms with Gasteiger partial charge in [0.25, 0.3) is 5.91 Å². The molecule has 0 saturated heterocycles. The van der Waals surface area contributed by atoms with Gasteiger partial charge in [-0.25, -0.2) is 9.37 Å². The van der Waals surface area contributed by atoms with Crippen LogP contribution in [0.1, 0.15) is 30.6 Å². The van der Waals surface area contributed by atoms with E-state index in [1.165, 1.54) is 7.11 Å². The van der Waals surface area contributed by atoms with E-state index in [9.17, 15) is 9.18 Å². The first-order valence-corrected chi connectivity index (χ1v) is 10.6. The topological polar surface area (TPSA) is 142 Å². The number of nitrogens with one attached hydrogen (secondary N) is 2. The first kappa shape index (κ1) is 24.2. The van der Waals surface area contributed by atoms with Gasteiger partial charge in [-0.15, -0.1) is 5.10 Å². The van der Waals surface area contributed by atoms with Crippen molar-refractivity contribution in [1.29, 1.82) is 0 Å². The van der Waals surface area contributed by atoms with Crippen molar-refractivity contribution < 1.29 is 18.7 Å². The van der Waals surface area contributed by atoms with Gasteiger partial charge in [-0.05, 0) is 37.6 Å². The third-order valence-electron chi connectivity index (χ3n) is 5.32. The molecule has 1 aromatic carbocycles. The lowest BCUT2D eigenvalue weighted by molar-refractivity contribution is 0.100. The highest BCUT2D eigenvalue weighted by Gasteiger charge is 2.20. The molecule has 0 aliphatic carbocycles. The van der Waals surface area contributed by atoms with Gasteiger partial charge in [0.1, 0.15) is 5.82 Å². The molecule has 3 aromatic rings. The van der Waals surface area contributed by atoms with Gasteiger partial charge in [0.05, 0.1) is 36.7 Å². The molecule has 33 heavy (non-hydrogen) atoms. The minimum Gasteiger partial charge on any atom is -0.479 e. The molecule has 2 aromatic heterocycles. The summed E-state index contributed by atoms with van der Waals surface area (Å²) < 4.78 is 27.0. The first-order chi connectivity index (χ1) is 15.8. The minimum absolute atomic E-state index is 0.0160. The molecular weight excluding hydrogens is 429 g/mol. The van der Waals surface area contributed by atoms with Crippen LogP contribution in [0.3, 0.4) is 0 Å². The Hall–Kier alpha value is -3.44. The third-order valence-corrected chi connectivity index (χ3v) is 5.32. The maximum Gasteiger partial charge on any atom is 0.252 e. The van der Waals surface area contributed by atoms with Gasteiger partial charge in [0, 0.05) is 24.9 Å². The van der Waals surface area contributed by atoms with E-state index in [-0.39, 0.29) is 29.3 Å². The standard InChI is InChI=1S/C22H30FN7O3/c1-5-17(12(2)24)27-21-16(23)11-15(19(25)31)20(28-21)26-13-6-7-18-14(10-13)22(33-4)29-30(18)8-9-32-3/h6-7,10-12,17H,5,8-9,24H2,1-4H3,(H2,25,31)(H2,26,27,28)/t12-,17+/m0/s1. The molecule has 0 radical (unpaired) electrons. The summed E-state index contributed by atoms with van der Waals surface area (Å²) in [6.07, 6.45) is 0.669. The zero-order valence-electron chi connectivity index (χ0n) is 19.2. The van der Waals surface area contributed by atoms with Crippen molar-refractivity contribution in [3.05, 3.63) is 35.6 Å². The number of rotatable bonds is 11. The Bertz CT molecular complexity index is 1130. The highest BCUT2D eigenvalue weighted by atomic mass is 19.1. The lowest BCUT2D eigenvalue weighted by atomic mass is 10.1. The summed E-state index contributed by atoms with van der Waals surface area (Å²) >= 11 is 0. The number of amides is 1. The molecule has 0 fully saturated rings. The van der Waals surface area contributed by atoms with Crippen molar-refractivity contribution >= 4 is 34.1 Å². The molecule has 10 nitrogen and oxygen atoms in total. The molecule has 178 valence electrons. The second-order valence-electron chi connectivity index (χ2n) is 7.68. The van der Waals surface area contributed by atoms with Gasteiger partial charge in [-0.2, -0.15) is 0 Å². The van der Waals surface area contributed by atoms with E-state index in [0.29, 0.717) is 31.1 Å². The molecule has 0 unspecified atom stereocenters. The van der Waals surface area contributed by atoms with E-state index >= 15 is 0 Å². The summed E-state index contributed by atoms with van der Waals surface area (Å²) in [6, 6.07) is 6.11. The molecule has 0 saturated carbocycles. The second kappa shape index (κ2) is 10.5. The molecule has 0 bridgehead atoms. The smallest absolute Gasteiger partial charge is 0.252 e. The fourth-order valence-electron chi connectivity index (χ4n) is 3.52. The van der Waals surface area contributed by atoms with Gasteiger partial charge >= 0.3 is 0 Å². The Balaban J connectivity index is 2.00. The molecule has 0 aliphatic heterocycles. The fraction of sp³-hybridized carbons (Fsp3) is 0.409. The van der Waals surface area contributed by atoms with Crippen LogP contribution in [0.2, 0.25) is 0 Å². The number of carbonyl (C=O) groups excluding carboxylic acids is 1. The number of hydrogen-bond acceptors (Lipinski definition) is 8. The summed E-state index contributed by atoms with van der Waals surface area (Å²) in [7, 11) is 3.16. The maximum atomic E-state index is 14.7. The number of benzene rings is 1. The SMILES string of the molecule is CC[C@@H](Nc1nc(Nc2ccc3c(c2)c(OC)nn3CCOC)c(C(N)=O)cc1F)[C@H](C)N. The number of halogens is 1. The predicted molar refractivity (Wildman–Crippen MR) is 126 cm³/mol. The highest BCUT2D eigenvalue weighted by Crippen LogP contribution is 2.30. The Morgan fingerprint density at radius 1 is 1.27 bits per heavy atom. The van der Waals surface area contributed by atoms with Crippen molar-refractivity contribution in [2.75, 3.05) is 31.5 Å². The molecule has 0 spiro atoms. The van der Waals surface area contributed by atoms with Crippen LogP contribution in [0.5, 0.6) is 5.88 Å². The van der Waals surface area contributed by atoms with Crippen LogP contribution in [0.15, 0.2) is 24.3 Å². The van der Waals surface area contributed by atoms with Crippen LogP contribution in [-0.4, -0.2) is 53.6 Å². The van der Waals surface area contributed by atoms with Crippen molar-refractivity contribution in [3.63, 3.8) is 0 Å². The number of carbonyl (C=O) groups is 1. The van der Waals surface area contributed by atoms with Crippen LogP contribution in [-0.2, 0) is 11.3 Å². The Morgan fingerprint density at radius 2 is 2.03 bits per heavy atom. The van der Waals surface area contributed by atoms with Gasteiger partial charge in [-0.1, -0.05) is 6.92 Å². The fourth-order valence-corrected chi connectivity index (χ4v) is 3.52. The molecule has 1 amide bonds. The normalized spacial score (nSPS) is 13.0. The lowest BCUT2D eigenvalue weighted by Crippen LogP contribution is -2.38. The number of nitrogens with zero attached hydrogens (tertiary/aromatic N) is 3. The summed E-state index contributed by atoms with van der Waals surface area (Å²) in [5.41, 5.74) is 12.8. The monoisotopic (exact) mass is 459 g/mol. The quantitative estimate of drug-likeness (QED) is 0.343.